The highest BCUT2D eigenvalue weighted by molar-refractivity contribution is 5.47. The molecule has 1 heterocycles. The van der Waals surface area contributed by atoms with Gasteiger partial charge in [-0.2, -0.15) is 4.68 Å². The molecule has 7 heteroatoms. The van der Waals surface area contributed by atoms with E-state index in [0.717, 1.165) is 0 Å². The number of nitro benzene ring substituents is 1. The summed E-state index contributed by atoms with van der Waals surface area (Å²) in [5.74, 6) is 0.633. The van der Waals surface area contributed by atoms with E-state index < -0.39 is 4.92 Å². The summed E-state index contributed by atoms with van der Waals surface area (Å²) in [6, 6.07) is 4.75. The third-order valence-electron chi connectivity index (χ3n) is 2.25. The molecule has 0 spiro atoms. The lowest BCUT2D eigenvalue weighted by Gasteiger charge is -2.03. The van der Waals surface area contributed by atoms with Crippen molar-refractivity contribution in [3.63, 3.8) is 0 Å². The lowest BCUT2D eigenvalue weighted by Crippen LogP contribution is -2.01. The highest BCUT2D eigenvalue weighted by Crippen LogP contribution is 2.20. The van der Waals surface area contributed by atoms with E-state index in [1.54, 1.807) is 26.0 Å². The Labute approximate surface area is 90.9 Å². The lowest BCUT2D eigenvalue weighted by atomic mass is 10.2. The Morgan fingerprint density at radius 1 is 1.38 bits per heavy atom. The van der Waals surface area contributed by atoms with E-state index in [1.165, 1.54) is 10.7 Å². The number of benzene rings is 1. The molecule has 16 heavy (non-hydrogen) atoms. The zero-order chi connectivity index (χ0) is 11.7. The Balaban J connectivity index is 2.50. The average Bonchev–Trinajstić information content (AvgIpc) is 2.63. The van der Waals surface area contributed by atoms with Gasteiger partial charge in [-0.05, 0) is 36.4 Å². The van der Waals surface area contributed by atoms with Gasteiger partial charge >= 0.3 is 0 Å². The topological polar surface area (TPSA) is 86.7 Å². The van der Waals surface area contributed by atoms with E-state index in [1.807, 2.05) is 0 Å². The van der Waals surface area contributed by atoms with Crippen molar-refractivity contribution in [2.75, 3.05) is 0 Å². The van der Waals surface area contributed by atoms with Crippen LogP contribution in [-0.2, 0) is 0 Å². The summed E-state index contributed by atoms with van der Waals surface area (Å²) >= 11 is 0. The summed E-state index contributed by atoms with van der Waals surface area (Å²) in [5.41, 5.74) is 1.39. The van der Waals surface area contributed by atoms with Crippen LogP contribution in [-0.4, -0.2) is 25.1 Å². The molecular weight excluding hydrogens is 210 g/mol. The molecule has 0 bridgehead atoms. The highest BCUT2D eigenvalue weighted by Gasteiger charge is 2.12. The van der Waals surface area contributed by atoms with Crippen LogP contribution in [0, 0.1) is 24.0 Å². The fraction of sp³-hybridized carbons (Fsp3) is 0.222. The fourth-order valence-corrected chi connectivity index (χ4v) is 1.45. The molecule has 0 radical (unpaired) electrons. The number of aryl methyl sites for hydroxylation is 2. The number of nitrogens with zero attached hydrogens (tertiary/aromatic N) is 5. The zero-order valence-corrected chi connectivity index (χ0v) is 8.78. The monoisotopic (exact) mass is 219 g/mol. The molecular formula is C9H9N5O2. The number of rotatable bonds is 2. The molecule has 0 fully saturated rings. The summed E-state index contributed by atoms with van der Waals surface area (Å²) in [4.78, 5) is 10.2. The van der Waals surface area contributed by atoms with E-state index in [4.69, 9.17) is 0 Å². The summed E-state index contributed by atoms with van der Waals surface area (Å²) in [6.07, 6.45) is 0. The van der Waals surface area contributed by atoms with Crippen molar-refractivity contribution in [1.82, 2.24) is 20.2 Å². The first-order valence-corrected chi connectivity index (χ1v) is 4.60. The molecule has 2 rings (SSSR count). The van der Waals surface area contributed by atoms with Crippen molar-refractivity contribution < 1.29 is 4.92 Å². The highest BCUT2D eigenvalue weighted by atomic mass is 16.6. The molecule has 7 nitrogen and oxygen atoms in total. The molecule has 0 aliphatic heterocycles. The predicted octanol–water partition coefficient (Wildman–Crippen LogP) is 1.19. The number of hydrogen-bond acceptors (Lipinski definition) is 5. The maximum atomic E-state index is 10.6. The van der Waals surface area contributed by atoms with E-state index in [0.29, 0.717) is 17.1 Å². The Hall–Kier alpha value is -2.31. The second-order valence-electron chi connectivity index (χ2n) is 3.37. The molecule has 1 aromatic carbocycles. The Morgan fingerprint density at radius 2 is 2.12 bits per heavy atom. The molecule has 2 aromatic rings. The Kier molecular flexibility index (Phi) is 2.35. The lowest BCUT2D eigenvalue weighted by molar-refractivity contribution is -0.385. The van der Waals surface area contributed by atoms with Crippen LogP contribution in [0.1, 0.15) is 11.4 Å². The summed E-state index contributed by atoms with van der Waals surface area (Å²) < 4.78 is 1.52. The van der Waals surface area contributed by atoms with Gasteiger partial charge in [0.15, 0.2) is 5.82 Å². The third kappa shape index (κ3) is 1.62. The van der Waals surface area contributed by atoms with Gasteiger partial charge in [0, 0.05) is 11.6 Å². The van der Waals surface area contributed by atoms with Crippen molar-refractivity contribution in [2.24, 2.45) is 0 Å². The van der Waals surface area contributed by atoms with Crippen molar-refractivity contribution in [2.45, 2.75) is 13.8 Å². The van der Waals surface area contributed by atoms with Gasteiger partial charge in [0.05, 0.1) is 10.6 Å². The quantitative estimate of drug-likeness (QED) is 0.559. The van der Waals surface area contributed by atoms with Crippen molar-refractivity contribution in [1.29, 1.82) is 0 Å². The summed E-state index contributed by atoms with van der Waals surface area (Å²) in [5, 5.41) is 21.7. The van der Waals surface area contributed by atoms with Gasteiger partial charge in [-0.15, -0.1) is 5.10 Å². The first-order valence-electron chi connectivity index (χ1n) is 4.60. The van der Waals surface area contributed by atoms with Crippen LogP contribution in [0.25, 0.3) is 5.69 Å². The number of tetrazole rings is 1. The van der Waals surface area contributed by atoms with Gasteiger partial charge in [0.2, 0.25) is 0 Å². The van der Waals surface area contributed by atoms with E-state index in [-0.39, 0.29) is 5.69 Å². The molecule has 0 aliphatic rings. The van der Waals surface area contributed by atoms with Crippen LogP contribution in [0.2, 0.25) is 0 Å². The van der Waals surface area contributed by atoms with Crippen LogP contribution in [0.4, 0.5) is 5.69 Å². The molecule has 1 aromatic heterocycles. The third-order valence-corrected chi connectivity index (χ3v) is 2.25. The average molecular weight is 219 g/mol. The standard InChI is InChI=1S/C9H9N5O2/c1-6-5-8(3-4-9(6)14(15)16)13-7(2)10-11-12-13/h3-5H,1-2H3. The second-order valence-corrected chi connectivity index (χ2v) is 3.37. The first-order chi connectivity index (χ1) is 7.59. The summed E-state index contributed by atoms with van der Waals surface area (Å²) in [6.45, 7) is 3.44. The molecule has 0 saturated carbocycles. The Morgan fingerprint density at radius 3 is 2.62 bits per heavy atom. The van der Waals surface area contributed by atoms with Gasteiger partial charge in [0.25, 0.3) is 5.69 Å². The molecule has 0 amide bonds. The zero-order valence-electron chi connectivity index (χ0n) is 8.78. The minimum atomic E-state index is -0.411. The minimum Gasteiger partial charge on any atom is -0.258 e. The van der Waals surface area contributed by atoms with Crippen LogP contribution in [0.15, 0.2) is 18.2 Å². The largest absolute Gasteiger partial charge is 0.272 e. The molecule has 82 valence electrons. The Bertz CT molecular complexity index is 549. The summed E-state index contributed by atoms with van der Waals surface area (Å²) in [7, 11) is 0. The van der Waals surface area contributed by atoms with Crippen molar-refractivity contribution >= 4 is 5.69 Å². The second kappa shape index (κ2) is 3.69. The van der Waals surface area contributed by atoms with Crippen LogP contribution in [0.3, 0.4) is 0 Å². The fourth-order valence-electron chi connectivity index (χ4n) is 1.45. The van der Waals surface area contributed by atoms with Crippen LogP contribution in [0.5, 0.6) is 0 Å². The first kappa shape index (κ1) is 10.2. The van der Waals surface area contributed by atoms with E-state index >= 15 is 0 Å². The molecule has 0 aliphatic carbocycles. The van der Waals surface area contributed by atoms with Crippen LogP contribution < -0.4 is 0 Å². The number of aromatic nitrogens is 4. The molecule has 0 atom stereocenters. The molecule has 0 N–H and O–H groups in total. The number of nitro groups is 1. The predicted molar refractivity (Wildman–Crippen MR) is 55.3 cm³/mol. The number of hydrogen-bond donors (Lipinski definition) is 0. The van der Waals surface area contributed by atoms with Crippen molar-refractivity contribution in [3.05, 3.63) is 39.7 Å². The maximum Gasteiger partial charge on any atom is 0.272 e. The smallest absolute Gasteiger partial charge is 0.258 e. The normalized spacial score (nSPS) is 10.4. The van der Waals surface area contributed by atoms with E-state index in [9.17, 15) is 10.1 Å². The van der Waals surface area contributed by atoms with Gasteiger partial charge in [-0.3, -0.25) is 10.1 Å². The van der Waals surface area contributed by atoms with Crippen LogP contribution >= 0.6 is 0 Å². The van der Waals surface area contributed by atoms with Gasteiger partial charge in [-0.25, -0.2) is 0 Å². The SMILES string of the molecule is Cc1cc(-n2nnnc2C)ccc1[N+](=O)[O-]. The van der Waals surface area contributed by atoms with Gasteiger partial charge in [-0.1, -0.05) is 0 Å². The molecule has 0 unspecified atom stereocenters. The molecule has 0 saturated heterocycles. The van der Waals surface area contributed by atoms with Gasteiger partial charge in [0.1, 0.15) is 0 Å². The maximum absolute atomic E-state index is 10.6. The van der Waals surface area contributed by atoms with Crippen molar-refractivity contribution in [3.8, 4) is 5.69 Å². The minimum absolute atomic E-state index is 0.0921. The van der Waals surface area contributed by atoms with E-state index in [2.05, 4.69) is 15.5 Å². The van der Waals surface area contributed by atoms with Gasteiger partial charge < -0.3 is 0 Å².